The van der Waals surface area contributed by atoms with E-state index in [1.807, 2.05) is 0 Å². The molecule has 22 heavy (non-hydrogen) atoms. The van der Waals surface area contributed by atoms with Crippen LogP contribution >= 0.6 is 11.3 Å². The van der Waals surface area contributed by atoms with Gasteiger partial charge in [-0.25, -0.2) is 0 Å². The fraction of sp³-hybridized carbons (Fsp3) is 0.733. The molecule has 2 rings (SSSR count). The minimum absolute atomic E-state index is 0.193. The van der Waals surface area contributed by atoms with E-state index in [0.29, 0.717) is 10.3 Å². The number of anilines is 1. The second-order valence-electron chi connectivity index (χ2n) is 7.43. The molecule has 0 radical (unpaired) electrons. The Balaban J connectivity index is 2.02. The number of nitrogens with two attached hydrogens (primary N) is 1. The highest BCUT2D eigenvalue weighted by molar-refractivity contribution is 7.16. The van der Waals surface area contributed by atoms with Crippen LogP contribution in [-0.2, 0) is 4.43 Å². The van der Waals surface area contributed by atoms with E-state index in [9.17, 15) is 0 Å². The Hall–Kier alpha value is -0.923. The summed E-state index contributed by atoms with van der Waals surface area (Å²) in [6.45, 7) is 15.5. The molecule has 1 fully saturated rings. The molecule has 0 amide bonds. The fourth-order valence-corrected chi connectivity index (χ4v) is 4.32. The molecule has 0 aromatic carbocycles. The predicted molar refractivity (Wildman–Crippen MR) is 93.5 cm³/mol. The molecule has 1 saturated carbocycles. The molecule has 0 saturated heterocycles. The Kier molecular flexibility index (Phi) is 4.99. The highest BCUT2D eigenvalue weighted by Gasteiger charge is 2.42. The van der Waals surface area contributed by atoms with E-state index in [1.165, 1.54) is 11.3 Å². The zero-order valence-corrected chi connectivity index (χ0v) is 16.0. The van der Waals surface area contributed by atoms with Gasteiger partial charge >= 0.3 is 5.19 Å². The molecule has 1 aliphatic rings. The number of hydrogen-bond acceptors (Lipinski definition) is 6. The first kappa shape index (κ1) is 17.4. The van der Waals surface area contributed by atoms with Gasteiger partial charge in [-0.05, 0) is 42.3 Å². The minimum Gasteiger partial charge on any atom is -0.435 e. The summed E-state index contributed by atoms with van der Waals surface area (Å²) in [6, 6.07) is 0. The summed E-state index contributed by atoms with van der Waals surface area (Å²) < 4.78 is 12.3. The van der Waals surface area contributed by atoms with Crippen molar-refractivity contribution in [1.29, 1.82) is 0 Å². The number of nitrogens with zero attached hydrogens (tertiary/aromatic N) is 2. The van der Waals surface area contributed by atoms with Gasteiger partial charge < -0.3 is 14.9 Å². The Morgan fingerprint density at radius 3 is 2.55 bits per heavy atom. The Labute approximate surface area is 138 Å². The number of aromatic nitrogens is 2. The lowest BCUT2D eigenvalue weighted by Gasteiger charge is -2.40. The van der Waals surface area contributed by atoms with E-state index in [-0.39, 0.29) is 17.1 Å². The van der Waals surface area contributed by atoms with Gasteiger partial charge in [-0.1, -0.05) is 38.9 Å². The first-order chi connectivity index (χ1) is 10.1. The summed E-state index contributed by atoms with van der Waals surface area (Å²) in [4.78, 5) is 0. The lowest BCUT2D eigenvalue weighted by Crippen LogP contribution is -2.45. The van der Waals surface area contributed by atoms with Crippen molar-refractivity contribution in [3.05, 3.63) is 12.3 Å². The third-order valence-corrected chi connectivity index (χ3v) is 9.89. The van der Waals surface area contributed by atoms with Crippen LogP contribution in [0.3, 0.4) is 0 Å². The van der Waals surface area contributed by atoms with Crippen molar-refractivity contribution in [3.8, 4) is 5.19 Å². The highest BCUT2D eigenvalue weighted by Crippen LogP contribution is 2.42. The molecule has 124 valence electrons. The van der Waals surface area contributed by atoms with E-state index >= 15 is 0 Å². The Bertz CT molecular complexity index is 539. The average Bonchev–Trinajstić information content (AvgIpc) is 2.96. The topological polar surface area (TPSA) is 70.3 Å². The molecule has 1 heterocycles. The van der Waals surface area contributed by atoms with Crippen LogP contribution in [0.4, 0.5) is 5.13 Å². The Morgan fingerprint density at radius 2 is 2.00 bits per heavy atom. The molecule has 5 nitrogen and oxygen atoms in total. The van der Waals surface area contributed by atoms with E-state index < -0.39 is 8.32 Å². The number of ether oxygens (including phenoxy) is 1. The van der Waals surface area contributed by atoms with Crippen molar-refractivity contribution < 1.29 is 9.16 Å². The smallest absolute Gasteiger partial charge is 0.300 e. The molecule has 2 N–H and O–H groups in total. The van der Waals surface area contributed by atoms with E-state index in [4.69, 9.17) is 14.9 Å². The van der Waals surface area contributed by atoms with Gasteiger partial charge in [0, 0.05) is 5.92 Å². The van der Waals surface area contributed by atoms with Gasteiger partial charge in [-0.3, -0.25) is 0 Å². The van der Waals surface area contributed by atoms with Gasteiger partial charge in [-0.2, -0.15) is 0 Å². The minimum atomic E-state index is -1.79. The third-order valence-electron chi connectivity index (χ3n) is 4.76. The Morgan fingerprint density at radius 1 is 1.32 bits per heavy atom. The van der Waals surface area contributed by atoms with Crippen LogP contribution < -0.4 is 10.5 Å². The fourth-order valence-electron chi connectivity index (χ4n) is 2.44. The second kappa shape index (κ2) is 6.29. The summed E-state index contributed by atoms with van der Waals surface area (Å²) in [7, 11) is -1.79. The average molecular weight is 342 g/mol. The number of hydrogen-bond donors (Lipinski definition) is 1. The lowest BCUT2D eigenvalue weighted by atomic mass is 10.0. The summed E-state index contributed by atoms with van der Waals surface area (Å²) >= 11 is 1.23. The molecule has 1 aromatic heterocycles. The quantitative estimate of drug-likeness (QED) is 0.642. The summed E-state index contributed by atoms with van der Waals surface area (Å²) in [6.07, 6.45) is 3.45. The molecule has 7 heteroatoms. The maximum Gasteiger partial charge on any atom is 0.300 e. The molecular formula is C15H27N3O2SSi. The molecule has 1 aromatic rings. The zero-order valence-electron chi connectivity index (χ0n) is 14.2. The maximum absolute atomic E-state index is 6.58. The predicted octanol–water partition coefficient (Wildman–Crippen LogP) is 4.20. The number of nitrogen functional groups attached to an aromatic ring is 1. The number of rotatable bonds is 5. The van der Waals surface area contributed by atoms with Gasteiger partial charge in [0.05, 0.1) is 6.10 Å². The van der Waals surface area contributed by atoms with Crippen molar-refractivity contribution >= 4 is 24.8 Å². The standard InChI is InChI=1S/C15H27N3O2SSi/c1-10(19-14-18-17-13(16)21-14)11-8-7-9-12(11)20-22(5,6)15(2,3)4/h11-12H,1,7-9H2,2-6H3,(H2,16,17)/t11-,12?/m1/s1. The summed E-state index contributed by atoms with van der Waals surface area (Å²) in [5, 5.41) is 8.73. The first-order valence-corrected chi connectivity index (χ1v) is 11.5. The van der Waals surface area contributed by atoms with Gasteiger partial charge in [0.2, 0.25) is 5.13 Å². The van der Waals surface area contributed by atoms with Crippen LogP contribution in [0.5, 0.6) is 5.19 Å². The van der Waals surface area contributed by atoms with Crippen molar-refractivity contribution in [3.63, 3.8) is 0 Å². The van der Waals surface area contributed by atoms with Gasteiger partial charge in [-0.15, -0.1) is 5.10 Å². The lowest BCUT2D eigenvalue weighted by molar-refractivity contribution is 0.136. The van der Waals surface area contributed by atoms with Crippen LogP contribution in [-0.4, -0.2) is 24.6 Å². The van der Waals surface area contributed by atoms with Crippen LogP contribution in [0, 0.1) is 5.92 Å². The van der Waals surface area contributed by atoms with E-state index in [0.717, 1.165) is 25.0 Å². The largest absolute Gasteiger partial charge is 0.435 e. The second-order valence-corrected chi connectivity index (χ2v) is 13.2. The van der Waals surface area contributed by atoms with Crippen molar-refractivity contribution in [2.24, 2.45) is 5.92 Å². The van der Waals surface area contributed by atoms with Crippen molar-refractivity contribution in [1.82, 2.24) is 10.2 Å². The maximum atomic E-state index is 6.58. The molecule has 0 aliphatic heterocycles. The molecule has 0 bridgehead atoms. The van der Waals surface area contributed by atoms with E-state index in [1.54, 1.807) is 0 Å². The molecule has 1 aliphatic carbocycles. The van der Waals surface area contributed by atoms with Crippen LogP contribution in [0.15, 0.2) is 12.3 Å². The zero-order chi connectivity index (χ0) is 16.5. The van der Waals surface area contributed by atoms with Crippen molar-refractivity contribution in [2.75, 3.05) is 5.73 Å². The SMILES string of the molecule is C=C(Oc1nnc(N)s1)[C@H]1CCCC1O[Si](C)(C)C(C)(C)C. The van der Waals surface area contributed by atoms with Gasteiger partial charge in [0.15, 0.2) is 8.32 Å². The molecule has 0 spiro atoms. The van der Waals surface area contributed by atoms with Crippen LogP contribution in [0.25, 0.3) is 0 Å². The molecule has 1 unspecified atom stereocenters. The summed E-state index contributed by atoms with van der Waals surface area (Å²) in [5.74, 6) is 0.941. The van der Waals surface area contributed by atoms with Gasteiger partial charge in [0.1, 0.15) is 5.76 Å². The highest BCUT2D eigenvalue weighted by atomic mass is 32.1. The van der Waals surface area contributed by atoms with Crippen molar-refractivity contribution in [2.45, 2.75) is 64.3 Å². The summed E-state index contributed by atoms with van der Waals surface area (Å²) in [5.41, 5.74) is 5.58. The normalized spacial score (nSPS) is 22.8. The van der Waals surface area contributed by atoms with E-state index in [2.05, 4.69) is 50.6 Å². The van der Waals surface area contributed by atoms with Crippen LogP contribution in [0.1, 0.15) is 40.0 Å². The monoisotopic (exact) mass is 341 g/mol. The van der Waals surface area contributed by atoms with Gasteiger partial charge in [0.25, 0.3) is 0 Å². The molecular weight excluding hydrogens is 314 g/mol. The van der Waals surface area contributed by atoms with Crippen LogP contribution in [0.2, 0.25) is 18.1 Å². The first-order valence-electron chi connectivity index (χ1n) is 7.73. The molecule has 2 atom stereocenters. The third kappa shape index (κ3) is 3.88.